The van der Waals surface area contributed by atoms with Crippen molar-refractivity contribution in [2.45, 2.75) is 39.2 Å². The molecule has 1 aromatic carbocycles. The average molecular weight is 517 g/mol. The topological polar surface area (TPSA) is 85.0 Å². The highest BCUT2D eigenvalue weighted by Crippen LogP contribution is 2.32. The molecule has 0 unspecified atom stereocenters. The van der Waals surface area contributed by atoms with Gasteiger partial charge in [-0.15, -0.1) is 0 Å². The molecule has 0 bridgehead atoms. The van der Waals surface area contributed by atoms with Gasteiger partial charge in [-0.25, -0.2) is 4.98 Å². The molecule has 36 heavy (non-hydrogen) atoms. The number of rotatable bonds is 9. The highest BCUT2D eigenvalue weighted by atomic mass is 35.5. The van der Waals surface area contributed by atoms with Crippen molar-refractivity contribution in [2.24, 2.45) is 0 Å². The van der Waals surface area contributed by atoms with E-state index in [0.29, 0.717) is 50.1 Å². The molecule has 1 N–H and O–H groups in total. The van der Waals surface area contributed by atoms with Crippen LogP contribution in [0.2, 0.25) is 5.02 Å². The lowest BCUT2D eigenvalue weighted by atomic mass is 10.2. The summed E-state index contributed by atoms with van der Waals surface area (Å²) in [6, 6.07) is 7.26. The van der Waals surface area contributed by atoms with E-state index in [1.807, 2.05) is 23.1 Å². The molecule has 3 heterocycles. The number of anilines is 2. The van der Waals surface area contributed by atoms with Crippen LogP contribution < -0.4 is 20.1 Å². The van der Waals surface area contributed by atoms with Crippen LogP contribution in [0.1, 0.15) is 38.3 Å². The Balaban J connectivity index is 1.32. The molecule has 0 aliphatic carbocycles. The zero-order chi connectivity index (χ0) is 25.5. The van der Waals surface area contributed by atoms with Gasteiger partial charge in [-0.1, -0.05) is 31.4 Å². The number of H-pyrrole nitrogens is 1. The van der Waals surface area contributed by atoms with Crippen molar-refractivity contribution in [3.05, 3.63) is 45.3 Å². The Morgan fingerprint density at radius 1 is 1.03 bits per heavy atom. The Morgan fingerprint density at radius 3 is 2.44 bits per heavy atom. The van der Waals surface area contributed by atoms with E-state index >= 15 is 0 Å². The van der Waals surface area contributed by atoms with Gasteiger partial charge in [0.05, 0.1) is 18.5 Å². The van der Waals surface area contributed by atoms with Crippen LogP contribution >= 0.6 is 11.6 Å². The second-order valence-corrected chi connectivity index (χ2v) is 9.90. The first-order valence-electron chi connectivity index (χ1n) is 12.9. The van der Waals surface area contributed by atoms with Crippen LogP contribution in [0.3, 0.4) is 0 Å². The predicted molar refractivity (Wildman–Crippen MR) is 143 cm³/mol. The van der Waals surface area contributed by atoms with Crippen LogP contribution in [0, 0.1) is 0 Å². The SMILES string of the molecule is CCCCCC(=O)N1CCN(c2nc(CN3CCN(c4cc(Cl)ccc4OC)CC3)cc(=O)[nH]2)CC1. The fourth-order valence-corrected chi connectivity index (χ4v) is 5.03. The predicted octanol–water partition coefficient (Wildman–Crippen LogP) is 2.98. The molecule has 2 aromatic rings. The van der Waals surface area contributed by atoms with Gasteiger partial charge in [0.15, 0.2) is 0 Å². The molecule has 2 fully saturated rings. The molecule has 0 spiro atoms. The number of aromatic amines is 1. The second kappa shape index (κ2) is 12.5. The van der Waals surface area contributed by atoms with Crippen LogP contribution in [-0.2, 0) is 11.3 Å². The van der Waals surface area contributed by atoms with Gasteiger partial charge in [0.1, 0.15) is 5.75 Å². The number of aromatic nitrogens is 2. The smallest absolute Gasteiger partial charge is 0.252 e. The lowest BCUT2D eigenvalue weighted by Crippen LogP contribution is -2.49. The number of hydrogen-bond donors (Lipinski definition) is 1. The lowest BCUT2D eigenvalue weighted by molar-refractivity contribution is -0.131. The first kappa shape index (κ1) is 26.3. The fraction of sp³-hybridized carbons (Fsp3) is 0.577. The second-order valence-electron chi connectivity index (χ2n) is 9.46. The lowest BCUT2D eigenvalue weighted by Gasteiger charge is -2.37. The molecule has 2 aliphatic rings. The summed E-state index contributed by atoms with van der Waals surface area (Å²) >= 11 is 6.21. The first-order chi connectivity index (χ1) is 17.5. The third-order valence-corrected chi connectivity index (χ3v) is 7.18. The van der Waals surface area contributed by atoms with Crippen molar-refractivity contribution >= 4 is 29.1 Å². The van der Waals surface area contributed by atoms with Crippen molar-refractivity contribution in [2.75, 3.05) is 69.3 Å². The molecule has 1 amide bonds. The number of hydrogen-bond acceptors (Lipinski definition) is 7. The maximum Gasteiger partial charge on any atom is 0.252 e. The minimum atomic E-state index is -0.143. The normalized spacial score (nSPS) is 16.9. The van der Waals surface area contributed by atoms with E-state index in [-0.39, 0.29) is 11.5 Å². The van der Waals surface area contributed by atoms with Crippen LogP contribution in [0.4, 0.5) is 11.6 Å². The van der Waals surface area contributed by atoms with Crippen LogP contribution in [-0.4, -0.2) is 85.1 Å². The van der Waals surface area contributed by atoms with Crippen molar-refractivity contribution in [1.29, 1.82) is 0 Å². The van der Waals surface area contributed by atoms with Crippen LogP contribution in [0.25, 0.3) is 0 Å². The van der Waals surface area contributed by atoms with Gasteiger partial charge in [0.25, 0.3) is 5.56 Å². The summed E-state index contributed by atoms with van der Waals surface area (Å²) in [6.45, 7) is 8.79. The van der Waals surface area contributed by atoms with Gasteiger partial charge < -0.3 is 19.4 Å². The Labute approximate surface area is 218 Å². The number of unbranched alkanes of at least 4 members (excludes halogenated alkanes) is 2. The number of nitrogens with one attached hydrogen (secondary N) is 1. The standard InChI is InChI=1S/C26H37ClN6O3/c1-3-4-5-6-25(35)32-13-15-33(16-14-32)26-28-21(18-24(34)29-26)19-30-9-11-31(12-10-30)22-17-20(27)7-8-23(22)36-2/h7-8,17-18H,3-6,9-16,19H2,1-2H3,(H,28,29,34). The van der Waals surface area contributed by atoms with Crippen molar-refractivity contribution in [3.8, 4) is 5.75 Å². The number of methoxy groups -OCH3 is 1. The van der Waals surface area contributed by atoms with E-state index in [1.165, 1.54) is 0 Å². The summed E-state index contributed by atoms with van der Waals surface area (Å²) in [5.41, 5.74) is 1.63. The summed E-state index contributed by atoms with van der Waals surface area (Å²) in [5, 5.41) is 0.690. The number of ether oxygens (including phenoxy) is 1. The van der Waals surface area contributed by atoms with Gasteiger partial charge in [-0.3, -0.25) is 19.5 Å². The van der Waals surface area contributed by atoms with Crippen molar-refractivity contribution in [1.82, 2.24) is 19.8 Å². The maximum atomic E-state index is 12.4. The molecular formula is C26H37ClN6O3. The minimum Gasteiger partial charge on any atom is -0.495 e. The van der Waals surface area contributed by atoms with E-state index < -0.39 is 0 Å². The highest BCUT2D eigenvalue weighted by Gasteiger charge is 2.24. The maximum absolute atomic E-state index is 12.4. The quantitative estimate of drug-likeness (QED) is 0.513. The number of benzene rings is 1. The summed E-state index contributed by atoms with van der Waals surface area (Å²) in [6.07, 6.45) is 3.78. The molecule has 196 valence electrons. The Hall–Kier alpha value is -2.78. The van der Waals surface area contributed by atoms with Gasteiger partial charge in [0, 0.05) is 76.4 Å². The monoisotopic (exact) mass is 516 g/mol. The molecule has 9 nitrogen and oxygen atoms in total. The van der Waals surface area contributed by atoms with Gasteiger partial charge in [-0.2, -0.15) is 0 Å². The number of carbonyl (C=O) groups is 1. The molecule has 1 aromatic heterocycles. The van der Waals surface area contributed by atoms with E-state index in [0.717, 1.165) is 62.6 Å². The van der Waals surface area contributed by atoms with E-state index in [1.54, 1.807) is 13.2 Å². The third kappa shape index (κ3) is 6.70. The first-order valence-corrected chi connectivity index (χ1v) is 13.3. The Morgan fingerprint density at radius 2 is 1.75 bits per heavy atom. The molecule has 4 rings (SSSR count). The zero-order valence-electron chi connectivity index (χ0n) is 21.3. The summed E-state index contributed by atoms with van der Waals surface area (Å²) in [5.74, 6) is 1.64. The molecule has 10 heteroatoms. The highest BCUT2D eigenvalue weighted by molar-refractivity contribution is 6.30. The van der Waals surface area contributed by atoms with Crippen molar-refractivity contribution < 1.29 is 9.53 Å². The zero-order valence-corrected chi connectivity index (χ0v) is 22.1. The van der Waals surface area contributed by atoms with Gasteiger partial charge in [0.2, 0.25) is 11.9 Å². The number of nitrogens with zero attached hydrogens (tertiary/aromatic N) is 5. The summed E-state index contributed by atoms with van der Waals surface area (Å²) in [4.78, 5) is 41.1. The summed E-state index contributed by atoms with van der Waals surface area (Å²) in [7, 11) is 1.67. The number of piperazine rings is 2. The van der Waals surface area contributed by atoms with E-state index in [4.69, 9.17) is 21.3 Å². The largest absolute Gasteiger partial charge is 0.495 e. The molecule has 0 atom stereocenters. The van der Waals surface area contributed by atoms with E-state index in [2.05, 4.69) is 26.6 Å². The molecule has 0 radical (unpaired) electrons. The van der Waals surface area contributed by atoms with E-state index in [9.17, 15) is 9.59 Å². The van der Waals surface area contributed by atoms with Crippen molar-refractivity contribution in [3.63, 3.8) is 0 Å². The minimum absolute atomic E-state index is 0.143. The molecular weight excluding hydrogens is 480 g/mol. The Bertz CT molecular complexity index is 1080. The average Bonchev–Trinajstić information content (AvgIpc) is 2.89. The molecule has 0 saturated carbocycles. The fourth-order valence-electron chi connectivity index (χ4n) is 4.86. The third-order valence-electron chi connectivity index (χ3n) is 6.95. The van der Waals surface area contributed by atoms with Gasteiger partial charge >= 0.3 is 0 Å². The van der Waals surface area contributed by atoms with Crippen LogP contribution in [0.5, 0.6) is 5.75 Å². The number of amides is 1. The number of halogens is 1. The Kier molecular flexibility index (Phi) is 9.09. The van der Waals surface area contributed by atoms with Crippen LogP contribution in [0.15, 0.2) is 29.1 Å². The number of carbonyl (C=O) groups excluding carboxylic acids is 1. The summed E-state index contributed by atoms with van der Waals surface area (Å²) < 4.78 is 5.51. The molecule has 2 aliphatic heterocycles. The molecule has 2 saturated heterocycles. The van der Waals surface area contributed by atoms with Gasteiger partial charge in [-0.05, 0) is 24.6 Å².